The molecule has 0 saturated carbocycles. The van der Waals surface area contributed by atoms with E-state index in [1.807, 2.05) is 24.4 Å². The normalized spacial score (nSPS) is 15.2. The molecule has 1 aliphatic heterocycles. The number of aryl methyl sites for hydroxylation is 1. The largest absolute Gasteiger partial charge is 0.480 e. The maximum atomic E-state index is 13.1. The zero-order valence-corrected chi connectivity index (χ0v) is 22.9. The Labute approximate surface area is 230 Å². The van der Waals surface area contributed by atoms with Crippen molar-refractivity contribution in [2.45, 2.75) is 39.7 Å². The molecule has 2 aromatic heterocycles. The van der Waals surface area contributed by atoms with Gasteiger partial charge in [0, 0.05) is 49.0 Å². The van der Waals surface area contributed by atoms with E-state index in [0.717, 1.165) is 11.3 Å². The molecule has 4 aromatic rings. The predicted molar refractivity (Wildman–Crippen MR) is 146 cm³/mol. The van der Waals surface area contributed by atoms with Crippen molar-refractivity contribution < 1.29 is 23.5 Å². The molecule has 5 rings (SSSR count). The molecule has 202 valence electrons. The molecule has 10 nitrogen and oxygen atoms in total. The van der Waals surface area contributed by atoms with Gasteiger partial charge in [0.1, 0.15) is 17.2 Å². The van der Waals surface area contributed by atoms with E-state index in [-0.39, 0.29) is 11.8 Å². The van der Waals surface area contributed by atoms with Crippen molar-refractivity contribution in [1.29, 1.82) is 0 Å². The minimum Gasteiger partial charge on any atom is -0.480 e. The van der Waals surface area contributed by atoms with E-state index in [2.05, 4.69) is 34.3 Å². The molecule has 0 spiro atoms. The molecule has 2 amide bonds. The summed E-state index contributed by atoms with van der Waals surface area (Å²) >= 11 is 1.34. The summed E-state index contributed by atoms with van der Waals surface area (Å²) in [7, 11) is 1.74. The lowest BCUT2D eigenvalue weighted by atomic mass is 10.1. The molecular weight excluding hydrogens is 518 g/mol. The third-order valence-corrected chi connectivity index (χ3v) is 6.90. The Kier molecular flexibility index (Phi) is 7.60. The second-order valence-corrected chi connectivity index (χ2v) is 10.7. The molecule has 3 heterocycles. The molecule has 1 saturated heterocycles. The number of likely N-dealkylation sites (tertiary alicyclic amines) is 1. The molecule has 1 atom stereocenters. The Bertz CT molecular complexity index is 1480. The number of thiazole rings is 1. The summed E-state index contributed by atoms with van der Waals surface area (Å²) in [4.78, 5) is 31.4. The maximum absolute atomic E-state index is 13.1. The number of likely N-dealkylation sites (N-methyl/N-ethyl adjacent to an activating group) is 1. The highest BCUT2D eigenvalue weighted by Gasteiger charge is 2.31. The fourth-order valence-electron chi connectivity index (χ4n) is 4.08. The van der Waals surface area contributed by atoms with E-state index in [9.17, 15) is 9.59 Å². The van der Waals surface area contributed by atoms with Gasteiger partial charge in [-0.15, -0.1) is 21.5 Å². The Morgan fingerprint density at radius 2 is 1.92 bits per heavy atom. The summed E-state index contributed by atoms with van der Waals surface area (Å²) in [5.74, 6) is 2.28. The summed E-state index contributed by atoms with van der Waals surface area (Å²) in [5.41, 5.74) is 1.90. The van der Waals surface area contributed by atoms with Gasteiger partial charge in [-0.25, -0.2) is 4.98 Å². The van der Waals surface area contributed by atoms with Crippen molar-refractivity contribution >= 4 is 28.3 Å². The average Bonchev–Trinajstić information content (AvgIpc) is 3.61. The number of ether oxygens (including phenoxy) is 2. The second kappa shape index (κ2) is 11.2. The second-order valence-electron chi connectivity index (χ2n) is 9.82. The van der Waals surface area contributed by atoms with E-state index in [0.29, 0.717) is 65.0 Å². The molecule has 0 bridgehead atoms. The summed E-state index contributed by atoms with van der Waals surface area (Å²) in [6.45, 7) is 6.66. The van der Waals surface area contributed by atoms with Crippen LogP contribution >= 0.6 is 11.3 Å². The Balaban J connectivity index is 1.36. The fourth-order valence-corrected chi connectivity index (χ4v) is 4.76. The zero-order chi connectivity index (χ0) is 27.5. The summed E-state index contributed by atoms with van der Waals surface area (Å²) in [6, 6.07) is 12.1. The maximum Gasteiger partial charge on any atom is 0.263 e. The molecule has 39 heavy (non-hydrogen) atoms. The van der Waals surface area contributed by atoms with Gasteiger partial charge in [-0.3, -0.25) is 14.9 Å². The highest BCUT2D eigenvalue weighted by atomic mass is 32.1. The Hall–Kier alpha value is -4.25. The van der Waals surface area contributed by atoms with Crippen LogP contribution in [0.5, 0.6) is 17.2 Å². The van der Waals surface area contributed by atoms with Crippen LogP contribution in [0.3, 0.4) is 0 Å². The van der Waals surface area contributed by atoms with Crippen molar-refractivity contribution in [3.05, 3.63) is 65.0 Å². The van der Waals surface area contributed by atoms with Crippen LogP contribution in [0, 0.1) is 12.8 Å². The number of carbonyl (C=O) groups excluding carboxylic acids is 2. The van der Waals surface area contributed by atoms with Crippen molar-refractivity contribution in [3.8, 4) is 28.7 Å². The minimum absolute atomic E-state index is 0.0984. The first-order valence-corrected chi connectivity index (χ1v) is 13.5. The number of benzene rings is 2. The number of carbonyl (C=O) groups is 2. The van der Waals surface area contributed by atoms with E-state index in [1.54, 1.807) is 42.3 Å². The Morgan fingerprint density at radius 1 is 1.15 bits per heavy atom. The SMILES string of the molecule is Cc1csc(NC(=O)c2cc(Oc3ccc(-c4nnc(CC(C)C)o4)cc3)cc(OC3CCN(C)C3=O)c2)n1. The van der Waals surface area contributed by atoms with Gasteiger partial charge in [-0.2, -0.15) is 0 Å². The van der Waals surface area contributed by atoms with Gasteiger partial charge < -0.3 is 18.8 Å². The molecule has 2 aromatic carbocycles. The number of nitrogens with one attached hydrogen (secondary N) is 1. The van der Waals surface area contributed by atoms with Gasteiger partial charge in [0.25, 0.3) is 11.8 Å². The van der Waals surface area contributed by atoms with Crippen LogP contribution in [-0.4, -0.2) is 51.6 Å². The molecule has 11 heteroatoms. The average molecular weight is 548 g/mol. The third-order valence-electron chi connectivity index (χ3n) is 6.03. The monoisotopic (exact) mass is 547 g/mol. The van der Waals surface area contributed by atoms with Crippen LogP contribution in [0.25, 0.3) is 11.5 Å². The highest BCUT2D eigenvalue weighted by Crippen LogP contribution is 2.31. The van der Waals surface area contributed by atoms with Gasteiger partial charge in [0.05, 0.1) is 5.69 Å². The minimum atomic E-state index is -0.614. The number of rotatable bonds is 9. The quantitative estimate of drug-likeness (QED) is 0.298. The van der Waals surface area contributed by atoms with Gasteiger partial charge in [-0.05, 0) is 49.2 Å². The smallest absolute Gasteiger partial charge is 0.263 e. The molecule has 0 radical (unpaired) electrons. The van der Waals surface area contributed by atoms with Gasteiger partial charge in [0.15, 0.2) is 11.2 Å². The van der Waals surface area contributed by atoms with Crippen molar-refractivity contribution in [2.24, 2.45) is 5.92 Å². The number of hydrogen-bond acceptors (Lipinski definition) is 9. The highest BCUT2D eigenvalue weighted by molar-refractivity contribution is 7.13. The van der Waals surface area contributed by atoms with Gasteiger partial charge in [0.2, 0.25) is 11.8 Å². The third kappa shape index (κ3) is 6.43. The van der Waals surface area contributed by atoms with Gasteiger partial charge in [-0.1, -0.05) is 13.8 Å². The number of anilines is 1. The topological polar surface area (TPSA) is 120 Å². The van der Waals surface area contributed by atoms with E-state index < -0.39 is 6.10 Å². The van der Waals surface area contributed by atoms with Crippen molar-refractivity contribution in [3.63, 3.8) is 0 Å². The molecule has 1 N–H and O–H groups in total. The molecule has 1 fully saturated rings. The van der Waals surface area contributed by atoms with Crippen molar-refractivity contribution in [1.82, 2.24) is 20.1 Å². The number of nitrogens with zero attached hydrogens (tertiary/aromatic N) is 4. The summed E-state index contributed by atoms with van der Waals surface area (Å²) in [5, 5.41) is 13.4. The Morgan fingerprint density at radius 3 is 2.59 bits per heavy atom. The molecule has 0 aliphatic carbocycles. The van der Waals surface area contributed by atoms with Crippen LogP contribution in [0.2, 0.25) is 0 Å². The van der Waals surface area contributed by atoms with E-state index in [4.69, 9.17) is 13.9 Å². The lowest BCUT2D eigenvalue weighted by molar-refractivity contribution is -0.132. The number of amides is 2. The van der Waals surface area contributed by atoms with Crippen LogP contribution in [0.15, 0.2) is 52.3 Å². The van der Waals surface area contributed by atoms with Crippen LogP contribution in [-0.2, 0) is 11.2 Å². The van der Waals surface area contributed by atoms with Crippen LogP contribution in [0.1, 0.15) is 42.2 Å². The molecule has 1 unspecified atom stereocenters. The molecule has 1 aliphatic rings. The number of hydrogen-bond donors (Lipinski definition) is 1. The first-order valence-electron chi connectivity index (χ1n) is 12.6. The van der Waals surface area contributed by atoms with Crippen LogP contribution in [0.4, 0.5) is 5.13 Å². The van der Waals surface area contributed by atoms with E-state index >= 15 is 0 Å². The summed E-state index contributed by atoms with van der Waals surface area (Å²) < 4.78 is 17.9. The summed E-state index contributed by atoms with van der Waals surface area (Å²) in [6.07, 6.45) is 0.668. The fraction of sp³-hybridized carbons (Fsp3) is 0.321. The van der Waals surface area contributed by atoms with Crippen molar-refractivity contribution in [2.75, 3.05) is 18.9 Å². The molecular formula is C28H29N5O5S. The first-order chi connectivity index (χ1) is 18.7. The number of aromatic nitrogens is 3. The zero-order valence-electron chi connectivity index (χ0n) is 22.1. The van der Waals surface area contributed by atoms with Gasteiger partial charge >= 0.3 is 0 Å². The first kappa shape index (κ1) is 26.4. The lowest BCUT2D eigenvalue weighted by Gasteiger charge is -2.15. The predicted octanol–water partition coefficient (Wildman–Crippen LogP) is 5.35. The van der Waals surface area contributed by atoms with Crippen LogP contribution < -0.4 is 14.8 Å². The standard InChI is InChI=1S/C28H29N5O5S/c1-16(2)11-24-31-32-26(38-24)18-5-7-20(8-6-18)36-21-12-19(25(34)30-28-29-17(3)15-39-28)13-22(14-21)37-23-9-10-33(4)27(23)35/h5-8,12-16,23H,9-11H2,1-4H3,(H,29,30,34). The lowest BCUT2D eigenvalue weighted by Crippen LogP contribution is -2.29. The van der Waals surface area contributed by atoms with E-state index in [1.165, 1.54) is 11.3 Å².